The fourth-order valence-electron chi connectivity index (χ4n) is 2.47. The summed E-state index contributed by atoms with van der Waals surface area (Å²) in [7, 11) is 0. The summed E-state index contributed by atoms with van der Waals surface area (Å²) in [4.78, 5) is 0. The molecule has 0 aliphatic carbocycles. The number of nitrogens with one attached hydrogen (secondary N) is 1. The molecule has 1 aromatic rings. The van der Waals surface area contributed by atoms with Crippen LogP contribution in [0.5, 0.6) is 0 Å². The van der Waals surface area contributed by atoms with E-state index in [-0.39, 0.29) is 5.41 Å². The largest absolute Gasteiger partial charge is 0.376 e. The Bertz CT molecular complexity index is 397. The van der Waals surface area contributed by atoms with E-state index < -0.39 is 0 Å². The minimum Gasteiger partial charge on any atom is -0.376 e. The van der Waals surface area contributed by atoms with Gasteiger partial charge in [-0.2, -0.15) is 0 Å². The molecular formula is C18H29NO. The van der Waals surface area contributed by atoms with Gasteiger partial charge in [0.15, 0.2) is 0 Å². The smallest absolute Gasteiger partial charge is 0.0672 e. The summed E-state index contributed by atoms with van der Waals surface area (Å²) in [5, 5.41) is 3.53. The third kappa shape index (κ3) is 6.36. The maximum Gasteiger partial charge on any atom is 0.0672 e. The van der Waals surface area contributed by atoms with Crippen molar-refractivity contribution in [2.45, 2.75) is 45.6 Å². The lowest BCUT2D eigenvalue weighted by Crippen LogP contribution is -2.35. The van der Waals surface area contributed by atoms with Crippen molar-refractivity contribution in [3.8, 4) is 0 Å². The molecule has 1 N–H and O–H groups in total. The SMILES string of the molecule is C=C(C)COCCNC(C)CC(C)(C)c1ccccc1. The Balaban J connectivity index is 2.31. The molecule has 20 heavy (non-hydrogen) atoms. The summed E-state index contributed by atoms with van der Waals surface area (Å²) in [5.74, 6) is 0. The fourth-order valence-corrected chi connectivity index (χ4v) is 2.47. The van der Waals surface area contributed by atoms with Gasteiger partial charge in [0.2, 0.25) is 0 Å². The van der Waals surface area contributed by atoms with Gasteiger partial charge in [-0.1, -0.05) is 56.3 Å². The van der Waals surface area contributed by atoms with Crippen LogP contribution in [0.4, 0.5) is 0 Å². The standard InChI is InChI=1S/C18H29NO/c1-15(2)14-20-12-11-19-16(3)13-18(4,5)17-9-7-6-8-10-17/h6-10,16,19H,1,11-14H2,2-5H3. The van der Waals surface area contributed by atoms with Crippen LogP contribution >= 0.6 is 0 Å². The molecule has 0 amide bonds. The zero-order valence-corrected chi connectivity index (χ0v) is 13.4. The zero-order valence-electron chi connectivity index (χ0n) is 13.4. The van der Waals surface area contributed by atoms with Crippen LogP contribution in [0.3, 0.4) is 0 Å². The van der Waals surface area contributed by atoms with Gasteiger partial charge in [0.1, 0.15) is 0 Å². The lowest BCUT2D eigenvalue weighted by atomic mass is 9.79. The highest BCUT2D eigenvalue weighted by atomic mass is 16.5. The third-order valence-corrected chi connectivity index (χ3v) is 3.46. The second-order valence-electron chi connectivity index (χ2n) is 6.32. The van der Waals surface area contributed by atoms with Crippen LogP contribution in [0, 0.1) is 0 Å². The molecule has 0 spiro atoms. The van der Waals surface area contributed by atoms with Crippen LogP contribution in [0.15, 0.2) is 42.5 Å². The highest BCUT2D eigenvalue weighted by Gasteiger charge is 2.22. The van der Waals surface area contributed by atoms with E-state index in [2.05, 4.69) is 63.0 Å². The van der Waals surface area contributed by atoms with Gasteiger partial charge < -0.3 is 10.1 Å². The minimum absolute atomic E-state index is 0.187. The molecule has 0 aromatic heterocycles. The summed E-state index contributed by atoms with van der Waals surface area (Å²) >= 11 is 0. The first kappa shape index (κ1) is 16.9. The van der Waals surface area contributed by atoms with E-state index in [9.17, 15) is 0 Å². The van der Waals surface area contributed by atoms with Crippen molar-refractivity contribution in [2.24, 2.45) is 0 Å². The van der Waals surface area contributed by atoms with E-state index in [1.807, 2.05) is 6.92 Å². The van der Waals surface area contributed by atoms with E-state index in [4.69, 9.17) is 4.74 Å². The van der Waals surface area contributed by atoms with E-state index in [1.165, 1.54) is 5.56 Å². The summed E-state index contributed by atoms with van der Waals surface area (Å²) in [5.41, 5.74) is 2.65. The highest BCUT2D eigenvalue weighted by molar-refractivity contribution is 5.23. The average Bonchev–Trinajstić information content (AvgIpc) is 2.38. The summed E-state index contributed by atoms with van der Waals surface area (Å²) in [6.07, 6.45) is 1.11. The Kier molecular flexibility index (Phi) is 6.97. The molecule has 2 heteroatoms. The van der Waals surface area contributed by atoms with E-state index in [0.29, 0.717) is 12.6 Å². The zero-order chi connectivity index (χ0) is 15.0. The number of ether oxygens (including phenoxy) is 1. The summed E-state index contributed by atoms with van der Waals surface area (Å²) in [6.45, 7) is 14.9. The molecule has 1 rings (SSSR count). The number of benzene rings is 1. The highest BCUT2D eigenvalue weighted by Crippen LogP contribution is 2.27. The van der Waals surface area contributed by atoms with Crippen LogP contribution in [0.1, 0.15) is 39.7 Å². The van der Waals surface area contributed by atoms with Gasteiger partial charge in [0, 0.05) is 12.6 Å². The van der Waals surface area contributed by atoms with Gasteiger partial charge in [-0.15, -0.1) is 0 Å². The third-order valence-electron chi connectivity index (χ3n) is 3.46. The lowest BCUT2D eigenvalue weighted by molar-refractivity contribution is 0.154. The molecule has 0 heterocycles. The van der Waals surface area contributed by atoms with Crippen molar-refractivity contribution in [3.63, 3.8) is 0 Å². The monoisotopic (exact) mass is 275 g/mol. The molecule has 0 radical (unpaired) electrons. The first-order chi connectivity index (χ1) is 9.42. The van der Waals surface area contributed by atoms with Gasteiger partial charge in [-0.3, -0.25) is 0 Å². The molecule has 1 unspecified atom stereocenters. The van der Waals surface area contributed by atoms with E-state index in [0.717, 1.165) is 25.1 Å². The molecule has 0 saturated heterocycles. The Labute approximate surface area is 124 Å². The quantitative estimate of drug-likeness (QED) is 0.545. The van der Waals surface area contributed by atoms with Gasteiger partial charge in [-0.05, 0) is 31.2 Å². The normalized spacial score (nSPS) is 13.2. The average molecular weight is 275 g/mol. The Morgan fingerprint density at radius 3 is 2.55 bits per heavy atom. The number of hydrogen-bond acceptors (Lipinski definition) is 2. The Hall–Kier alpha value is -1.12. The Morgan fingerprint density at radius 2 is 1.95 bits per heavy atom. The van der Waals surface area contributed by atoms with E-state index >= 15 is 0 Å². The topological polar surface area (TPSA) is 21.3 Å². The number of hydrogen-bond donors (Lipinski definition) is 1. The maximum absolute atomic E-state index is 5.50. The fraction of sp³-hybridized carbons (Fsp3) is 0.556. The lowest BCUT2D eigenvalue weighted by Gasteiger charge is -2.29. The van der Waals surface area contributed by atoms with Crippen LogP contribution in [0.25, 0.3) is 0 Å². The van der Waals surface area contributed by atoms with Crippen LogP contribution in [0.2, 0.25) is 0 Å². The second kappa shape index (κ2) is 8.23. The van der Waals surface area contributed by atoms with Crippen molar-refractivity contribution < 1.29 is 4.74 Å². The van der Waals surface area contributed by atoms with Gasteiger partial charge in [0.25, 0.3) is 0 Å². The summed E-state index contributed by atoms with van der Waals surface area (Å²) in [6, 6.07) is 11.2. The molecular weight excluding hydrogens is 246 g/mol. The first-order valence-electron chi connectivity index (χ1n) is 7.43. The number of rotatable bonds is 9. The molecule has 0 saturated carbocycles. The minimum atomic E-state index is 0.187. The van der Waals surface area contributed by atoms with Crippen LogP contribution in [-0.4, -0.2) is 25.8 Å². The second-order valence-corrected chi connectivity index (χ2v) is 6.32. The Morgan fingerprint density at radius 1 is 1.30 bits per heavy atom. The van der Waals surface area contributed by atoms with Crippen molar-refractivity contribution in [1.29, 1.82) is 0 Å². The maximum atomic E-state index is 5.50. The molecule has 112 valence electrons. The van der Waals surface area contributed by atoms with Gasteiger partial charge in [-0.25, -0.2) is 0 Å². The van der Waals surface area contributed by atoms with Crippen LogP contribution in [-0.2, 0) is 10.2 Å². The van der Waals surface area contributed by atoms with Gasteiger partial charge in [0.05, 0.1) is 13.2 Å². The van der Waals surface area contributed by atoms with Crippen molar-refractivity contribution in [3.05, 3.63) is 48.0 Å². The molecule has 0 aliphatic heterocycles. The predicted molar refractivity (Wildman–Crippen MR) is 87.2 cm³/mol. The first-order valence-corrected chi connectivity index (χ1v) is 7.43. The molecule has 0 fully saturated rings. The van der Waals surface area contributed by atoms with E-state index in [1.54, 1.807) is 0 Å². The molecule has 1 atom stereocenters. The van der Waals surface area contributed by atoms with Crippen molar-refractivity contribution in [1.82, 2.24) is 5.32 Å². The van der Waals surface area contributed by atoms with Crippen LogP contribution < -0.4 is 5.32 Å². The molecule has 1 aromatic carbocycles. The van der Waals surface area contributed by atoms with Crippen molar-refractivity contribution in [2.75, 3.05) is 19.8 Å². The predicted octanol–water partition coefficient (Wildman–Crippen LogP) is 3.93. The summed E-state index contributed by atoms with van der Waals surface area (Å²) < 4.78 is 5.50. The molecule has 0 bridgehead atoms. The van der Waals surface area contributed by atoms with Gasteiger partial charge >= 0.3 is 0 Å². The van der Waals surface area contributed by atoms with Crippen molar-refractivity contribution >= 4 is 0 Å². The molecule has 0 aliphatic rings. The molecule has 2 nitrogen and oxygen atoms in total.